The van der Waals surface area contributed by atoms with Gasteiger partial charge in [0, 0.05) is 19.3 Å². The van der Waals surface area contributed by atoms with E-state index >= 15 is 0 Å². The molecule has 1 aliphatic carbocycles. The number of benzene rings is 1. The summed E-state index contributed by atoms with van der Waals surface area (Å²) in [7, 11) is -2.97. The van der Waals surface area contributed by atoms with Crippen LogP contribution in [-0.2, 0) is 33.7 Å². The smallest absolute Gasteiger partial charge is 0.320 e. The Morgan fingerprint density at radius 1 is 1.20 bits per heavy atom. The first-order valence-electron chi connectivity index (χ1n) is 9.69. The molecule has 1 aliphatic rings. The largest absolute Gasteiger partial charge is 0.468 e. The number of Topliss-reactive ketones (excluding diaryl/α,β-unsaturated/α-hetero) is 1. The fourth-order valence-corrected chi connectivity index (χ4v) is 5.39. The van der Waals surface area contributed by atoms with E-state index in [1.54, 1.807) is 39.0 Å². The predicted octanol–water partition coefficient (Wildman–Crippen LogP) is 3.44. The van der Waals surface area contributed by atoms with E-state index in [0.717, 1.165) is 13.2 Å². The predicted molar refractivity (Wildman–Crippen MR) is 110 cm³/mol. The molecule has 0 saturated heterocycles. The topological polar surface area (TPSA) is 104 Å². The van der Waals surface area contributed by atoms with Crippen molar-refractivity contribution < 1.29 is 32.3 Å². The van der Waals surface area contributed by atoms with Crippen LogP contribution in [0.4, 0.5) is 0 Å². The molecule has 0 spiro atoms. The number of hydrogen-bond acceptors (Lipinski definition) is 7. The highest BCUT2D eigenvalue weighted by atomic mass is 32.2. The summed E-state index contributed by atoms with van der Waals surface area (Å²) in [4.78, 5) is 37.4. The fourth-order valence-electron chi connectivity index (χ4n) is 3.99. The summed E-state index contributed by atoms with van der Waals surface area (Å²) in [6.07, 6.45) is 1.48. The van der Waals surface area contributed by atoms with Gasteiger partial charge in [0.25, 0.3) is 0 Å². The molecule has 0 amide bonds. The van der Waals surface area contributed by atoms with Gasteiger partial charge in [-0.2, -0.15) is 0 Å². The van der Waals surface area contributed by atoms with Gasteiger partial charge in [-0.25, -0.2) is 8.42 Å². The molecule has 0 aliphatic heterocycles. The second-order valence-corrected chi connectivity index (χ2v) is 10.3. The molecule has 1 saturated carbocycles. The summed E-state index contributed by atoms with van der Waals surface area (Å²) in [6.45, 7) is 6.37. The molecule has 1 aromatic carbocycles. The van der Waals surface area contributed by atoms with E-state index in [2.05, 4.69) is 0 Å². The number of allylic oxidation sites excluding steroid dienone is 1. The van der Waals surface area contributed by atoms with Gasteiger partial charge in [-0.15, -0.1) is 0 Å². The molecule has 2 unspecified atom stereocenters. The molecule has 164 valence electrons. The molecule has 0 heterocycles. The zero-order valence-corrected chi connectivity index (χ0v) is 18.7. The van der Waals surface area contributed by atoms with Gasteiger partial charge in [0.05, 0.1) is 16.9 Å². The molecule has 8 heteroatoms. The van der Waals surface area contributed by atoms with Gasteiger partial charge in [0.1, 0.15) is 11.7 Å². The number of esters is 2. The maximum atomic E-state index is 13.4. The summed E-state index contributed by atoms with van der Waals surface area (Å²) >= 11 is 0. The van der Waals surface area contributed by atoms with Crippen molar-refractivity contribution in [1.29, 1.82) is 0 Å². The van der Waals surface area contributed by atoms with Gasteiger partial charge in [0.2, 0.25) is 9.84 Å². The first kappa shape index (κ1) is 23.8. The zero-order valence-electron chi connectivity index (χ0n) is 17.9. The minimum atomic E-state index is -4.14. The quantitative estimate of drug-likeness (QED) is 0.382. The standard InChI is InChI=1S/C22H28O7S/c1-15-11-12-21(3,4)22(19(15)24,20(25)28-5)13-18(14-29-16(2)23)30(26,27)17-9-7-6-8-10-17/h6-10,14-15H,11-13H2,1-5H3/b18-14+. The Bertz CT molecular complexity index is 960. The first-order chi connectivity index (χ1) is 13.9. The molecule has 2 atom stereocenters. The van der Waals surface area contributed by atoms with Gasteiger partial charge in [-0.1, -0.05) is 39.0 Å². The van der Waals surface area contributed by atoms with Gasteiger partial charge >= 0.3 is 11.9 Å². The normalized spacial score (nSPS) is 24.2. The Kier molecular flexibility index (Phi) is 6.91. The summed E-state index contributed by atoms with van der Waals surface area (Å²) < 4.78 is 36.6. The molecule has 1 fully saturated rings. The number of rotatable bonds is 6. The number of hydrogen-bond donors (Lipinski definition) is 0. The Morgan fingerprint density at radius 2 is 1.80 bits per heavy atom. The van der Waals surface area contributed by atoms with Crippen LogP contribution in [0.1, 0.15) is 47.0 Å². The average Bonchev–Trinajstić information content (AvgIpc) is 2.70. The molecule has 2 rings (SSSR count). The maximum absolute atomic E-state index is 13.4. The Morgan fingerprint density at radius 3 is 2.33 bits per heavy atom. The summed E-state index contributed by atoms with van der Waals surface area (Å²) in [5.41, 5.74) is -2.60. The van der Waals surface area contributed by atoms with Crippen LogP contribution in [0.25, 0.3) is 0 Å². The van der Waals surface area contributed by atoms with E-state index in [4.69, 9.17) is 9.47 Å². The molecular formula is C22H28O7S. The number of carbonyl (C=O) groups is 3. The van der Waals surface area contributed by atoms with Gasteiger partial charge < -0.3 is 9.47 Å². The molecule has 0 aromatic heterocycles. The zero-order chi connectivity index (χ0) is 22.7. The lowest BCUT2D eigenvalue weighted by Crippen LogP contribution is -2.56. The van der Waals surface area contributed by atoms with Crippen molar-refractivity contribution in [3.63, 3.8) is 0 Å². The van der Waals surface area contributed by atoms with Gasteiger partial charge in [-0.05, 0) is 30.4 Å². The molecular weight excluding hydrogens is 408 g/mol. The maximum Gasteiger partial charge on any atom is 0.320 e. The highest BCUT2D eigenvalue weighted by molar-refractivity contribution is 7.95. The third kappa shape index (κ3) is 4.19. The van der Waals surface area contributed by atoms with Crippen LogP contribution < -0.4 is 0 Å². The fraction of sp³-hybridized carbons (Fsp3) is 0.500. The van der Waals surface area contributed by atoms with E-state index in [-0.39, 0.29) is 15.6 Å². The summed E-state index contributed by atoms with van der Waals surface area (Å²) in [5, 5.41) is 0. The highest BCUT2D eigenvalue weighted by Crippen LogP contribution is 2.54. The third-order valence-electron chi connectivity index (χ3n) is 5.95. The van der Waals surface area contributed by atoms with Crippen molar-refractivity contribution in [2.45, 2.75) is 51.9 Å². The molecule has 0 N–H and O–H groups in total. The van der Waals surface area contributed by atoms with Crippen molar-refractivity contribution >= 4 is 27.6 Å². The van der Waals surface area contributed by atoms with Crippen LogP contribution in [0.3, 0.4) is 0 Å². The second kappa shape index (κ2) is 8.71. The Labute approximate surface area is 177 Å². The molecule has 0 radical (unpaired) electrons. The van der Waals surface area contributed by atoms with Crippen LogP contribution in [0.2, 0.25) is 0 Å². The van der Waals surface area contributed by atoms with Crippen LogP contribution >= 0.6 is 0 Å². The third-order valence-corrected chi connectivity index (χ3v) is 7.78. The second-order valence-electron chi connectivity index (χ2n) is 8.27. The molecule has 7 nitrogen and oxygen atoms in total. The number of carbonyl (C=O) groups excluding carboxylic acids is 3. The molecule has 30 heavy (non-hydrogen) atoms. The van der Waals surface area contributed by atoms with Gasteiger partial charge in [0.15, 0.2) is 5.78 Å². The number of ketones is 1. The van der Waals surface area contributed by atoms with Crippen LogP contribution in [-0.4, -0.2) is 33.2 Å². The number of sulfone groups is 1. The van der Waals surface area contributed by atoms with Gasteiger partial charge in [-0.3, -0.25) is 14.4 Å². The van der Waals surface area contributed by atoms with E-state index in [1.165, 1.54) is 19.2 Å². The minimum Gasteiger partial charge on any atom is -0.468 e. The Hall–Kier alpha value is -2.48. The van der Waals surface area contributed by atoms with E-state index in [1.807, 2.05) is 0 Å². The summed E-state index contributed by atoms with van der Waals surface area (Å²) in [6, 6.07) is 7.59. The molecule has 1 aromatic rings. The van der Waals surface area contributed by atoms with Crippen molar-refractivity contribution in [2.75, 3.05) is 7.11 Å². The van der Waals surface area contributed by atoms with E-state index in [9.17, 15) is 22.8 Å². The lowest BCUT2D eigenvalue weighted by Gasteiger charge is -2.48. The highest BCUT2D eigenvalue weighted by Gasteiger charge is 2.61. The number of methoxy groups -OCH3 is 1. The number of ether oxygens (including phenoxy) is 2. The SMILES string of the molecule is COC(=O)C1(C/C(=C\OC(C)=O)S(=O)(=O)c2ccccc2)C(=O)C(C)CCC1(C)C. The average molecular weight is 437 g/mol. The van der Waals surface area contributed by atoms with E-state index in [0.29, 0.717) is 12.8 Å². The Balaban J connectivity index is 2.71. The lowest BCUT2D eigenvalue weighted by molar-refractivity contribution is -0.172. The molecule has 0 bridgehead atoms. The summed E-state index contributed by atoms with van der Waals surface area (Å²) in [5.74, 6) is -2.32. The van der Waals surface area contributed by atoms with Crippen LogP contribution in [0, 0.1) is 16.7 Å². The first-order valence-corrected chi connectivity index (χ1v) is 11.2. The van der Waals surface area contributed by atoms with Crippen LogP contribution in [0.15, 0.2) is 46.4 Å². The van der Waals surface area contributed by atoms with Crippen molar-refractivity contribution in [3.05, 3.63) is 41.5 Å². The van der Waals surface area contributed by atoms with Crippen LogP contribution in [0.5, 0.6) is 0 Å². The monoisotopic (exact) mass is 436 g/mol. The van der Waals surface area contributed by atoms with E-state index < -0.39 is 44.9 Å². The van der Waals surface area contributed by atoms with Crippen molar-refractivity contribution in [3.8, 4) is 0 Å². The minimum absolute atomic E-state index is 0.0301. The lowest BCUT2D eigenvalue weighted by atomic mass is 9.53. The van der Waals surface area contributed by atoms with Crippen molar-refractivity contribution in [1.82, 2.24) is 0 Å². The van der Waals surface area contributed by atoms with Crippen molar-refractivity contribution in [2.24, 2.45) is 16.7 Å².